The number of anilines is 1. The van der Waals surface area contributed by atoms with Gasteiger partial charge in [-0.25, -0.2) is 4.98 Å². The standard InChI is InChI=1S/C17H15N5O2/c1-21-14-6-3-2-5-13(14)19-17(21)20-16(23)15-8-7-12(24-15)11-22-10-4-9-18-22/h2-10H,11H2,1H3,(H,19,20,23). The van der Waals surface area contributed by atoms with E-state index in [1.807, 2.05) is 48.1 Å². The van der Waals surface area contributed by atoms with Crippen molar-refractivity contribution in [1.82, 2.24) is 19.3 Å². The van der Waals surface area contributed by atoms with Crippen LogP contribution in [-0.2, 0) is 13.6 Å². The Morgan fingerprint density at radius 2 is 2.08 bits per heavy atom. The molecule has 0 atom stereocenters. The highest BCUT2D eigenvalue weighted by molar-refractivity contribution is 6.02. The zero-order valence-corrected chi connectivity index (χ0v) is 13.0. The molecule has 0 saturated heterocycles. The molecular formula is C17H15N5O2. The highest BCUT2D eigenvalue weighted by Crippen LogP contribution is 2.18. The molecule has 0 unspecified atom stereocenters. The molecule has 0 saturated carbocycles. The molecule has 4 aromatic rings. The Labute approximate surface area is 137 Å². The van der Waals surface area contributed by atoms with E-state index in [0.29, 0.717) is 18.3 Å². The van der Waals surface area contributed by atoms with Crippen molar-refractivity contribution in [2.45, 2.75) is 6.54 Å². The number of amides is 1. The van der Waals surface area contributed by atoms with Crippen LogP contribution in [0.3, 0.4) is 0 Å². The van der Waals surface area contributed by atoms with Crippen molar-refractivity contribution in [1.29, 1.82) is 0 Å². The van der Waals surface area contributed by atoms with Crippen molar-refractivity contribution in [3.63, 3.8) is 0 Å². The minimum absolute atomic E-state index is 0.240. The first-order valence-corrected chi connectivity index (χ1v) is 7.49. The molecule has 7 heteroatoms. The number of hydrogen-bond acceptors (Lipinski definition) is 4. The second-order valence-electron chi connectivity index (χ2n) is 5.41. The Morgan fingerprint density at radius 3 is 2.88 bits per heavy atom. The summed E-state index contributed by atoms with van der Waals surface area (Å²) in [6.07, 6.45) is 3.53. The predicted molar refractivity (Wildman–Crippen MR) is 88.7 cm³/mol. The van der Waals surface area contributed by atoms with Crippen LogP contribution < -0.4 is 5.32 Å². The maximum atomic E-state index is 12.4. The van der Waals surface area contributed by atoms with Gasteiger partial charge in [-0.3, -0.25) is 14.8 Å². The van der Waals surface area contributed by atoms with E-state index < -0.39 is 0 Å². The van der Waals surface area contributed by atoms with E-state index in [-0.39, 0.29) is 11.7 Å². The number of hydrogen-bond donors (Lipinski definition) is 1. The Morgan fingerprint density at radius 1 is 1.21 bits per heavy atom. The molecule has 24 heavy (non-hydrogen) atoms. The molecule has 0 radical (unpaired) electrons. The van der Waals surface area contributed by atoms with Gasteiger partial charge in [-0.2, -0.15) is 5.10 Å². The lowest BCUT2D eigenvalue weighted by Crippen LogP contribution is -2.14. The molecule has 1 amide bonds. The molecule has 3 aromatic heterocycles. The van der Waals surface area contributed by atoms with E-state index in [2.05, 4.69) is 15.4 Å². The van der Waals surface area contributed by atoms with Gasteiger partial charge in [-0.05, 0) is 30.3 Å². The minimum atomic E-state index is -0.333. The second kappa shape index (κ2) is 5.69. The lowest BCUT2D eigenvalue weighted by Gasteiger charge is -2.03. The van der Waals surface area contributed by atoms with Crippen LogP contribution in [-0.4, -0.2) is 25.2 Å². The summed E-state index contributed by atoms with van der Waals surface area (Å²) in [5.41, 5.74) is 1.78. The monoisotopic (exact) mass is 321 g/mol. The van der Waals surface area contributed by atoms with E-state index >= 15 is 0 Å². The van der Waals surface area contributed by atoms with Gasteiger partial charge in [0.2, 0.25) is 5.95 Å². The number of benzene rings is 1. The van der Waals surface area contributed by atoms with Crippen molar-refractivity contribution in [3.05, 3.63) is 66.4 Å². The molecule has 7 nitrogen and oxygen atoms in total. The molecule has 1 aromatic carbocycles. The third kappa shape index (κ3) is 2.56. The number of nitrogens with one attached hydrogen (secondary N) is 1. The van der Waals surface area contributed by atoms with Gasteiger partial charge >= 0.3 is 0 Å². The molecule has 4 rings (SSSR count). The van der Waals surface area contributed by atoms with Crippen LogP contribution in [0.5, 0.6) is 0 Å². The fraction of sp³-hybridized carbons (Fsp3) is 0.118. The first-order chi connectivity index (χ1) is 11.7. The third-order valence-corrected chi connectivity index (χ3v) is 3.77. The zero-order valence-electron chi connectivity index (χ0n) is 13.0. The molecular weight excluding hydrogens is 306 g/mol. The fourth-order valence-corrected chi connectivity index (χ4v) is 2.56. The SMILES string of the molecule is Cn1c(NC(=O)c2ccc(Cn3cccn3)o2)nc2ccccc21. The van der Waals surface area contributed by atoms with Gasteiger partial charge in [0.05, 0.1) is 17.6 Å². The summed E-state index contributed by atoms with van der Waals surface area (Å²) in [6, 6.07) is 13.0. The molecule has 0 aliphatic carbocycles. The zero-order chi connectivity index (χ0) is 16.5. The van der Waals surface area contributed by atoms with Gasteiger partial charge in [0.15, 0.2) is 5.76 Å². The van der Waals surface area contributed by atoms with Crippen molar-refractivity contribution >= 4 is 22.9 Å². The molecule has 0 fully saturated rings. The minimum Gasteiger partial charge on any atom is -0.454 e. The van der Waals surface area contributed by atoms with Gasteiger partial charge in [-0.1, -0.05) is 12.1 Å². The largest absolute Gasteiger partial charge is 0.454 e. The van der Waals surface area contributed by atoms with Crippen molar-refractivity contribution in [2.75, 3.05) is 5.32 Å². The predicted octanol–water partition coefficient (Wildman–Crippen LogP) is 2.66. The normalized spacial score (nSPS) is 11.0. The van der Waals surface area contributed by atoms with Crippen LogP contribution in [0.4, 0.5) is 5.95 Å². The van der Waals surface area contributed by atoms with Gasteiger partial charge in [0.1, 0.15) is 5.76 Å². The summed E-state index contributed by atoms with van der Waals surface area (Å²) in [5.74, 6) is 1.05. The van der Waals surface area contributed by atoms with Crippen molar-refractivity contribution in [2.24, 2.45) is 7.05 Å². The molecule has 0 bridgehead atoms. The van der Waals surface area contributed by atoms with Crippen molar-refractivity contribution in [3.8, 4) is 0 Å². The van der Waals surface area contributed by atoms with Crippen LogP contribution in [0.1, 0.15) is 16.3 Å². The number of carbonyl (C=O) groups is 1. The van der Waals surface area contributed by atoms with Crippen LogP contribution >= 0.6 is 0 Å². The summed E-state index contributed by atoms with van der Waals surface area (Å²) < 4.78 is 9.16. The number of carbonyl (C=O) groups excluding carboxylic acids is 1. The highest BCUT2D eigenvalue weighted by Gasteiger charge is 2.15. The van der Waals surface area contributed by atoms with Crippen molar-refractivity contribution < 1.29 is 9.21 Å². The molecule has 0 aliphatic heterocycles. The van der Waals surface area contributed by atoms with E-state index in [1.165, 1.54) is 0 Å². The Bertz CT molecular complexity index is 997. The van der Waals surface area contributed by atoms with Crippen LogP contribution in [0, 0.1) is 0 Å². The first-order valence-electron chi connectivity index (χ1n) is 7.49. The Balaban J connectivity index is 1.53. The Hall–Kier alpha value is -3.35. The van der Waals surface area contributed by atoms with E-state index in [1.54, 1.807) is 23.0 Å². The number of furan rings is 1. The lowest BCUT2D eigenvalue weighted by molar-refractivity contribution is 0.0993. The van der Waals surface area contributed by atoms with Gasteiger partial charge < -0.3 is 8.98 Å². The lowest BCUT2D eigenvalue weighted by atomic mass is 10.3. The summed E-state index contributed by atoms with van der Waals surface area (Å²) in [5, 5.41) is 6.90. The summed E-state index contributed by atoms with van der Waals surface area (Å²) in [6.45, 7) is 0.479. The number of fused-ring (bicyclic) bond motifs is 1. The third-order valence-electron chi connectivity index (χ3n) is 3.77. The van der Waals surface area contributed by atoms with Gasteiger partial charge in [-0.15, -0.1) is 0 Å². The number of imidazole rings is 1. The summed E-state index contributed by atoms with van der Waals surface area (Å²) in [7, 11) is 1.86. The smallest absolute Gasteiger partial charge is 0.293 e. The second-order valence-corrected chi connectivity index (χ2v) is 5.41. The maximum Gasteiger partial charge on any atom is 0.293 e. The maximum absolute atomic E-state index is 12.4. The number of aromatic nitrogens is 4. The fourth-order valence-electron chi connectivity index (χ4n) is 2.56. The van der Waals surface area contributed by atoms with Gasteiger partial charge in [0.25, 0.3) is 5.91 Å². The van der Waals surface area contributed by atoms with E-state index in [0.717, 1.165) is 11.0 Å². The molecule has 1 N–H and O–H groups in total. The molecule has 120 valence electrons. The van der Waals surface area contributed by atoms with Crippen LogP contribution in [0.25, 0.3) is 11.0 Å². The quantitative estimate of drug-likeness (QED) is 0.627. The van der Waals surface area contributed by atoms with E-state index in [4.69, 9.17) is 4.42 Å². The first kappa shape index (κ1) is 14.3. The van der Waals surface area contributed by atoms with Gasteiger partial charge in [0, 0.05) is 19.4 Å². The summed E-state index contributed by atoms with van der Waals surface area (Å²) >= 11 is 0. The summed E-state index contributed by atoms with van der Waals surface area (Å²) in [4.78, 5) is 16.8. The average molecular weight is 321 g/mol. The topological polar surface area (TPSA) is 77.9 Å². The Kier molecular flexibility index (Phi) is 3.38. The number of para-hydroxylation sites is 2. The highest BCUT2D eigenvalue weighted by atomic mass is 16.4. The number of nitrogens with zero attached hydrogens (tertiary/aromatic N) is 4. The molecule has 0 aliphatic rings. The average Bonchev–Trinajstić information content (AvgIpc) is 3.31. The number of aryl methyl sites for hydroxylation is 1. The molecule has 0 spiro atoms. The van der Waals surface area contributed by atoms with Crippen LogP contribution in [0.2, 0.25) is 0 Å². The molecule has 3 heterocycles. The van der Waals surface area contributed by atoms with E-state index in [9.17, 15) is 4.79 Å². The number of rotatable bonds is 4. The van der Waals surface area contributed by atoms with Crippen LogP contribution in [0.15, 0.2) is 59.3 Å².